The van der Waals surface area contributed by atoms with E-state index in [9.17, 15) is 15.0 Å². The van der Waals surface area contributed by atoms with Crippen LogP contribution in [0.25, 0.3) is 11.0 Å². The molecule has 7 nitrogen and oxygen atoms in total. The molecule has 2 aromatic heterocycles. The van der Waals surface area contributed by atoms with Crippen molar-refractivity contribution >= 4 is 22.6 Å². The van der Waals surface area contributed by atoms with E-state index >= 15 is 0 Å². The number of aromatic nitrogens is 3. The average molecular weight is 437 g/mol. The molecule has 3 N–H and O–H groups in total. The summed E-state index contributed by atoms with van der Waals surface area (Å²) in [4.78, 5) is 22.1. The van der Waals surface area contributed by atoms with Gasteiger partial charge in [0.1, 0.15) is 11.5 Å². The van der Waals surface area contributed by atoms with Gasteiger partial charge in [0.15, 0.2) is 0 Å². The van der Waals surface area contributed by atoms with Crippen molar-refractivity contribution in [2.45, 2.75) is 58.0 Å². The summed E-state index contributed by atoms with van der Waals surface area (Å²) < 4.78 is 2.09. The fourth-order valence-corrected chi connectivity index (χ4v) is 4.69. The van der Waals surface area contributed by atoms with Crippen LogP contribution in [0.1, 0.15) is 73.0 Å². The predicted molar refractivity (Wildman–Crippen MR) is 125 cm³/mol. The Morgan fingerprint density at radius 3 is 2.53 bits per heavy atom. The molecule has 1 aromatic carbocycles. The molecule has 1 saturated carbocycles. The second kappa shape index (κ2) is 8.64. The number of anilines is 1. The maximum absolute atomic E-state index is 12.9. The van der Waals surface area contributed by atoms with Gasteiger partial charge in [0.25, 0.3) is 5.91 Å². The van der Waals surface area contributed by atoms with Gasteiger partial charge in [0.2, 0.25) is 0 Å². The highest BCUT2D eigenvalue weighted by molar-refractivity contribution is 6.04. The van der Waals surface area contributed by atoms with Crippen molar-refractivity contribution in [1.29, 1.82) is 0 Å². The van der Waals surface area contributed by atoms with Gasteiger partial charge >= 0.3 is 0 Å². The van der Waals surface area contributed by atoms with Crippen molar-refractivity contribution in [3.8, 4) is 0 Å². The van der Waals surface area contributed by atoms with Gasteiger partial charge in [-0.3, -0.25) is 4.79 Å². The summed E-state index contributed by atoms with van der Waals surface area (Å²) in [6.07, 6.45) is 4.01. The van der Waals surface area contributed by atoms with E-state index in [0.717, 1.165) is 48.2 Å². The fourth-order valence-electron chi connectivity index (χ4n) is 4.69. The first-order chi connectivity index (χ1) is 15.2. The van der Waals surface area contributed by atoms with Gasteiger partial charge in [-0.25, -0.2) is 9.97 Å². The quantitative estimate of drug-likeness (QED) is 0.561. The number of rotatable bonds is 5. The number of carbonyl (C=O) groups is 1. The number of amides is 1. The van der Waals surface area contributed by atoms with Crippen molar-refractivity contribution in [1.82, 2.24) is 14.5 Å². The molecule has 4 rings (SSSR count). The van der Waals surface area contributed by atoms with Crippen molar-refractivity contribution in [2.24, 2.45) is 13.0 Å². The first kappa shape index (κ1) is 22.4. The topological polar surface area (TPSA) is 100 Å². The first-order valence-corrected chi connectivity index (χ1v) is 11.3. The second-order valence-electron chi connectivity index (χ2n) is 9.49. The van der Waals surface area contributed by atoms with Gasteiger partial charge in [-0.15, -0.1) is 0 Å². The molecule has 32 heavy (non-hydrogen) atoms. The number of fused-ring (bicyclic) bond motifs is 1. The molecule has 170 valence electrons. The Labute approximate surface area is 188 Å². The lowest BCUT2D eigenvalue weighted by Crippen LogP contribution is -2.21. The Balaban J connectivity index is 1.72. The van der Waals surface area contributed by atoms with E-state index in [4.69, 9.17) is 4.98 Å². The molecule has 0 radical (unpaired) electrons. The number of hydrogen-bond acceptors (Lipinski definition) is 5. The fraction of sp³-hybridized carbons (Fsp3) is 0.480. The van der Waals surface area contributed by atoms with Gasteiger partial charge < -0.3 is 20.1 Å². The minimum Gasteiger partial charge on any atom is -0.396 e. The second-order valence-corrected chi connectivity index (χ2v) is 9.49. The molecule has 0 spiro atoms. The van der Waals surface area contributed by atoms with Crippen LogP contribution in [0, 0.1) is 12.8 Å². The van der Waals surface area contributed by atoms with Crippen molar-refractivity contribution in [3.63, 3.8) is 0 Å². The molecule has 0 bridgehead atoms. The maximum Gasteiger partial charge on any atom is 0.274 e. The van der Waals surface area contributed by atoms with Crippen molar-refractivity contribution in [2.75, 3.05) is 11.9 Å². The Morgan fingerprint density at radius 1 is 1.19 bits per heavy atom. The summed E-state index contributed by atoms with van der Waals surface area (Å²) in [6.45, 7) is 5.50. The van der Waals surface area contributed by atoms with E-state index in [2.05, 4.69) is 14.9 Å². The molecular formula is C25H32N4O3. The minimum atomic E-state index is -1.16. The third-order valence-corrected chi connectivity index (χ3v) is 6.55. The minimum absolute atomic E-state index is 0.253. The number of hydrogen-bond donors (Lipinski definition) is 3. The van der Waals surface area contributed by atoms with Crippen LogP contribution in [-0.2, 0) is 12.6 Å². The number of imidazole rings is 1. The van der Waals surface area contributed by atoms with E-state index in [0.29, 0.717) is 28.8 Å². The monoisotopic (exact) mass is 436 g/mol. The van der Waals surface area contributed by atoms with Crippen LogP contribution >= 0.6 is 0 Å². The highest BCUT2D eigenvalue weighted by Gasteiger charge is 2.28. The largest absolute Gasteiger partial charge is 0.396 e. The molecule has 1 amide bonds. The summed E-state index contributed by atoms with van der Waals surface area (Å²) in [7, 11) is 2.00. The number of pyridine rings is 1. The summed E-state index contributed by atoms with van der Waals surface area (Å²) in [5.41, 5.74) is 2.81. The molecule has 0 atom stereocenters. The zero-order valence-electron chi connectivity index (χ0n) is 19.2. The Bertz CT molecular complexity index is 1140. The number of carbonyl (C=O) groups excluding carboxylic acids is 1. The van der Waals surface area contributed by atoms with E-state index in [1.54, 1.807) is 26.0 Å². The molecule has 2 heterocycles. The van der Waals surface area contributed by atoms with Gasteiger partial charge in [-0.1, -0.05) is 6.07 Å². The summed E-state index contributed by atoms with van der Waals surface area (Å²) in [5.74, 6) is 1.43. The van der Waals surface area contributed by atoms with Gasteiger partial charge in [0.05, 0.1) is 16.6 Å². The SMILES string of the molecule is Cc1cccc(C(=O)Nc2cc3c(cc2C(C)(C)O)nc(C2CCC(CO)CC2)n3C)n1. The highest BCUT2D eigenvalue weighted by atomic mass is 16.3. The molecule has 1 fully saturated rings. The summed E-state index contributed by atoms with van der Waals surface area (Å²) in [6, 6.07) is 9.09. The van der Waals surface area contributed by atoms with Crippen LogP contribution in [0.5, 0.6) is 0 Å². The van der Waals surface area contributed by atoms with Gasteiger partial charge in [0, 0.05) is 36.5 Å². The zero-order valence-corrected chi connectivity index (χ0v) is 19.2. The number of benzene rings is 1. The summed E-state index contributed by atoms with van der Waals surface area (Å²) >= 11 is 0. The third-order valence-electron chi connectivity index (χ3n) is 6.55. The average Bonchev–Trinajstić information content (AvgIpc) is 3.08. The molecular weight excluding hydrogens is 404 g/mol. The van der Waals surface area contributed by atoms with Crippen LogP contribution in [0.3, 0.4) is 0 Å². The van der Waals surface area contributed by atoms with Crippen LogP contribution in [0.15, 0.2) is 30.3 Å². The lowest BCUT2D eigenvalue weighted by molar-refractivity contribution is 0.0793. The zero-order chi connectivity index (χ0) is 23.0. The van der Waals surface area contributed by atoms with Gasteiger partial charge in [-0.05, 0) is 76.6 Å². The first-order valence-electron chi connectivity index (χ1n) is 11.3. The summed E-state index contributed by atoms with van der Waals surface area (Å²) in [5, 5.41) is 23.2. The smallest absolute Gasteiger partial charge is 0.274 e. The van der Waals surface area contributed by atoms with Crippen LogP contribution in [-0.4, -0.2) is 37.3 Å². The van der Waals surface area contributed by atoms with E-state index in [-0.39, 0.29) is 12.5 Å². The molecule has 7 heteroatoms. The Kier molecular flexibility index (Phi) is 6.05. The van der Waals surface area contributed by atoms with Crippen LogP contribution < -0.4 is 5.32 Å². The van der Waals surface area contributed by atoms with Crippen molar-refractivity contribution < 1.29 is 15.0 Å². The number of nitrogens with one attached hydrogen (secondary N) is 1. The standard InChI is InChI=1S/C25H32N4O3/c1-15-6-5-7-19(26-15)24(31)28-20-13-22-21(12-18(20)25(2,3)32)27-23(29(22)4)17-10-8-16(14-30)9-11-17/h5-7,12-13,16-17,30,32H,8-11,14H2,1-4H3,(H,28,31). The molecule has 3 aromatic rings. The number of aryl methyl sites for hydroxylation is 2. The number of aliphatic hydroxyl groups excluding tert-OH is 1. The highest BCUT2D eigenvalue weighted by Crippen LogP contribution is 2.38. The lowest BCUT2D eigenvalue weighted by atomic mass is 9.82. The molecule has 0 unspecified atom stereocenters. The molecule has 0 saturated heterocycles. The van der Waals surface area contributed by atoms with E-state index in [1.807, 2.05) is 32.2 Å². The molecule has 1 aliphatic rings. The van der Waals surface area contributed by atoms with Crippen molar-refractivity contribution in [3.05, 3.63) is 53.1 Å². The lowest BCUT2D eigenvalue weighted by Gasteiger charge is -2.26. The maximum atomic E-state index is 12.9. The third kappa shape index (κ3) is 4.40. The normalized spacial score (nSPS) is 19.3. The van der Waals surface area contributed by atoms with Gasteiger partial charge in [-0.2, -0.15) is 0 Å². The Hall–Kier alpha value is -2.77. The molecule has 0 aliphatic heterocycles. The van der Waals surface area contributed by atoms with Crippen LogP contribution in [0.4, 0.5) is 5.69 Å². The van der Waals surface area contributed by atoms with E-state index in [1.165, 1.54) is 0 Å². The number of aliphatic hydroxyl groups is 2. The Morgan fingerprint density at radius 2 is 1.91 bits per heavy atom. The molecule has 1 aliphatic carbocycles. The van der Waals surface area contributed by atoms with E-state index < -0.39 is 5.60 Å². The predicted octanol–water partition coefficient (Wildman–Crippen LogP) is 4.02. The number of nitrogens with zero attached hydrogens (tertiary/aromatic N) is 3. The van der Waals surface area contributed by atoms with Crippen LogP contribution in [0.2, 0.25) is 0 Å².